The molecule has 4 nitrogen and oxygen atoms in total. The minimum Gasteiger partial charge on any atom is -0.336 e. The number of rotatable bonds is 2. The first kappa shape index (κ1) is 15.7. The summed E-state index contributed by atoms with van der Waals surface area (Å²) >= 11 is 0. The zero-order valence-corrected chi connectivity index (χ0v) is 13.8. The fourth-order valence-corrected chi connectivity index (χ4v) is 3.27. The van der Waals surface area contributed by atoms with Crippen LogP contribution in [0, 0.1) is 5.82 Å². The first-order valence-electron chi connectivity index (χ1n) is 8.10. The highest BCUT2D eigenvalue weighted by Gasteiger charge is 2.26. The van der Waals surface area contributed by atoms with Crippen LogP contribution in [0.5, 0.6) is 0 Å². The van der Waals surface area contributed by atoms with E-state index in [-0.39, 0.29) is 17.6 Å². The van der Waals surface area contributed by atoms with E-state index in [1.54, 1.807) is 17.8 Å². The van der Waals surface area contributed by atoms with Crippen LogP contribution >= 0.6 is 0 Å². The number of fused-ring (bicyclic) bond motifs is 1. The largest absolute Gasteiger partial charge is 0.336 e. The monoisotopic (exact) mass is 315 g/mol. The summed E-state index contributed by atoms with van der Waals surface area (Å²) < 4.78 is 15.2. The second-order valence-corrected chi connectivity index (χ2v) is 6.24. The highest BCUT2D eigenvalue weighted by atomic mass is 19.1. The molecule has 23 heavy (non-hydrogen) atoms. The van der Waals surface area contributed by atoms with E-state index in [2.05, 4.69) is 5.10 Å². The van der Waals surface area contributed by atoms with Crippen LogP contribution in [0.25, 0.3) is 0 Å². The van der Waals surface area contributed by atoms with Gasteiger partial charge in [0.25, 0.3) is 5.91 Å². The molecule has 0 aliphatic carbocycles. The van der Waals surface area contributed by atoms with Gasteiger partial charge in [-0.15, -0.1) is 0 Å². The second-order valence-electron chi connectivity index (χ2n) is 6.24. The van der Waals surface area contributed by atoms with Gasteiger partial charge in [-0.25, -0.2) is 4.39 Å². The fraction of sp³-hybridized carbons (Fsp3) is 0.444. The Balaban J connectivity index is 1.85. The SMILES string of the molecule is CCc1cc(C(=O)N2CCc3ccc(F)cc3C(C)C2)n(C)n1. The van der Waals surface area contributed by atoms with Gasteiger partial charge >= 0.3 is 0 Å². The molecule has 5 heteroatoms. The van der Waals surface area contributed by atoms with Crippen LogP contribution < -0.4 is 0 Å². The summed E-state index contributed by atoms with van der Waals surface area (Å²) in [5.74, 6) is -0.0968. The van der Waals surface area contributed by atoms with Crippen LogP contribution in [0.3, 0.4) is 0 Å². The third-order valence-corrected chi connectivity index (χ3v) is 4.58. The van der Waals surface area contributed by atoms with Crippen molar-refractivity contribution in [3.63, 3.8) is 0 Å². The average molecular weight is 315 g/mol. The van der Waals surface area contributed by atoms with Gasteiger partial charge in [0.05, 0.1) is 5.69 Å². The number of halogens is 1. The van der Waals surface area contributed by atoms with E-state index in [0.717, 1.165) is 29.7 Å². The average Bonchev–Trinajstić information content (AvgIpc) is 2.84. The number of nitrogens with zero attached hydrogens (tertiary/aromatic N) is 3. The number of carbonyl (C=O) groups excluding carboxylic acids is 1. The van der Waals surface area contributed by atoms with Crippen LogP contribution in [0.1, 0.15) is 47.1 Å². The van der Waals surface area contributed by atoms with Gasteiger partial charge in [-0.05, 0) is 48.1 Å². The van der Waals surface area contributed by atoms with Crippen molar-refractivity contribution >= 4 is 5.91 Å². The van der Waals surface area contributed by atoms with Gasteiger partial charge in [0.2, 0.25) is 0 Å². The molecule has 0 saturated carbocycles. The lowest BCUT2D eigenvalue weighted by atomic mass is 9.95. The van der Waals surface area contributed by atoms with Crippen molar-refractivity contribution in [2.24, 2.45) is 7.05 Å². The Kier molecular flexibility index (Phi) is 4.20. The first-order chi connectivity index (χ1) is 11.0. The fourth-order valence-electron chi connectivity index (χ4n) is 3.27. The molecule has 0 bridgehead atoms. The third-order valence-electron chi connectivity index (χ3n) is 4.58. The zero-order chi connectivity index (χ0) is 16.6. The predicted molar refractivity (Wildman–Crippen MR) is 87.0 cm³/mol. The predicted octanol–water partition coefficient (Wildman–Crippen LogP) is 2.92. The quantitative estimate of drug-likeness (QED) is 0.854. The van der Waals surface area contributed by atoms with Crippen LogP contribution in [0.2, 0.25) is 0 Å². The molecule has 1 atom stereocenters. The Labute approximate surface area is 135 Å². The van der Waals surface area contributed by atoms with Crippen molar-refractivity contribution < 1.29 is 9.18 Å². The summed E-state index contributed by atoms with van der Waals surface area (Å²) in [5, 5.41) is 4.36. The third kappa shape index (κ3) is 3.00. The molecule has 2 aromatic rings. The molecule has 1 amide bonds. The van der Waals surface area contributed by atoms with E-state index >= 15 is 0 Å². The second kappa shape index (κ2) is 6.14. The molecule has 2 heterocycles. The number of hydrogen-bond acceptors (Lipinski definition) is 2. The molecule has 0 saturated heterocycles. The highest BCUT2D eigenvalue weighted by Crippen LogP contribution is 2.27. The normalized spacial score (nSPS) is 17.7. The van der Waals surface area contributed by atoms with Gasteiger partial charge < -0.3 is 4.90 Å². The molecule has 0 fully saturated rings. The molecular formula is C18H22FN3O. The number of benzene rings is 1. The molecule has 122 valence electrons. The van der Waals surface area contributed by atoms with Crippen molar-refractivity contribution in [3.8, 4) is 0 Å². The van der Waals surface area contributed by atoms with Gasteiger partial charge in [-0.1, -0.05) is 19.9 Å². The maximum atomic E-state index is 13.5. The molecule has 0 N–H and O–H groups in total. The van der Waals surface area contributed by atoms with E-state index in [1.807, 2.05) is 30.9 Å². The molecule has 1 aromatic carbocycles. The molecular weight excluding hydrogens is 293 g/mol. The number of aromatic nitrogens is 2. The maximum absolute atomic E-state index is 13.5. The molecule has 1 aliphatic rings. The Morgan fingerprint density at radius 2 is 2.17 bits per heavy atom. The lowest BCUT2D eigenvalue weighted by molar-refractivity contribution is 0.0743. The number of aryl methyl sites for hydroxylation is 2. The molecule has 3 rings (SSSR count). The molecule has 1 aliphatic heterocycles. The van der Waals surface area contributed by atoms with Gasteiger partial charge in [0.15, 0.2) is 0 Å². The van der Waals surface area contributed by atoms with Crippen molar-refractivity contribution in [2.45, 2.75) is 32.6 Å². The zero-order valence-electron chi connectivity index (χ0n) is 13.8. The molecule has 0 spiro atoms. The van der Waals surface area contributed by atoms with Crippen LogP contribution in [0.15, 0.2) is 24.3 Å². The van der Waals surface area contributed by atoms with Gasteiger partial charge in [-0.2, -0.15) is 5.10 Å². The standard InChI is InChI=1S/C18H22FN3O/c1-4-15-10-17(21(3)20-15)18(23)22-8-7-13-5-6-14(19)9-16(13)12(2)11-22/h5-6,9-10,12H,4,7-8,11H2,1-3H3. The maximum Gasteiger partial charge on any atom is 0.272 e. The lowest BCUT2D eigenvalue weighted by Gasteiger charge is -2.23. The van der Waals surface area contributed by atoms with Crippen molar-refractivity contribution in [1.29, 1.82) is 0 Å². The molecule has 1 unspecified atom stereocenters. The van der Waals surface area contributed by atoms with Gasteiger partial charge in [0.1, 0.15) is 11.5 Å². The summed E-state index contributed by atoms with van der Waals surface area (Å²) in [5.41, 5.74) is 3.68. The minimum atomic E-state index is -0.213. The Morgan fingerprint density at radius 1 is 1.39 bits per heavy atom. The number of hydrogen-bond donors (Lipinski definition) is 0. The lowest BCUT2D eigenvalue weighted by Crippen LogP contribution is -2.35. The highest BCUT2D eigenvalue weighted by molar-refractivity contribution is 5.92. The van der Waals surface area contributed by atoms with E-state index < -0.39 is 0 Å². The summed E-state index contributed by atoms with van der Waals surface area (Å²) in [6, 6.07) is 6.81. The van der Waals surface area contributed by atoms with Crippen LogP contribution in [-0.2, 0) is 19.9 Å². The summed E-state index contributed by atoms with van der Waals surface area (Å²) in [6.45, 7) is 5.32. The summed E-state index contributed by atoms with van der Waals surface area (Å²) in [6.07, 6.45) is 1.56. The van der Waals surface area contributed by atoms with E-state index in [9.17, 15) is 9.18 Å². The smallest absolute Gasteiger partial charge is 0.272 e. The Hall–Kier alpha value is -2.17. The van der Waals surface area contributed by atoms with Crippen molar-refractivity contribution in [1.82, 2.24) is 14.7 Å². The minimum absolute atomic E-state index is 0.000159. The number of amides is 1. The summed E-state index contributed by atoms with van der Waals surface area (Å²) in [4.78, 5) is 14.7. The van der Waals surface area contributed by atoms with Gasteiger partial charge in [0, 0.05) is 20.1 Å². The van der Waals surface area contributed by atoms with Crippen molar-refractivity contribution in [2.75, 3.05) is 13.1 Å². The first-order valence-corrected chi connectivity index (χ1v) is 8.10. The molecule has 0 radical (unpaired) electrons. The topological polar surface area (TPSA) is 38.1 Å². The van der Waals surface area contributed by atoms with Gasteiger partial charge in [-0.3, -0.25) is 9.48 Å². The van der Waals surface area contributed by atoms with E-state index in [1.165, 1.54) is 6.07 Å². The van der Waals surface area contributed by atoms with Crippen LogP contribution in [-0.4, -0.2) is 33.7 Å². The van der Waals surface area contributed by atoms with E-state index in [4.69, 9.17) is 0 Å². The Bertz CT molecular complexity index is 738. The van der Waals surface area contributed by atoms with Crippen LogP contribution in [0.4, 0.5) is 4.39 Å². The van der Waals surface area contributed by atoms with Crippen molar-refractivity contribution in [3.05, 3.63) is 52.6 Å². The summed E-state index contributed by atoms with van der Waals surface area (Å²) in [7, 11) is 1.80. The molecule has 1 aromatic heterocycles. The van der Waals surface area contributed by atoms with E-state index in [0.29, 0.717) is 18.8 Å². The number of carbonyl (C=O) groups is 1. The Morgan fingerprint density at radius 3 is 2.87 bits per heavy atom.